The lowest BCUT2D eigenvalue weighted by atomic mass is 10.2. The lowest BCUT2D eigenvalue weighted by molar-refractivity contribution is 0.352. The maximum absolute atomic E-state index is 6.11. The van der Waals surface area contributed by atoms with E-state index in [4.69, 9.17) is 21.1 Å². The number of hydrogen-bond acceptors (Lipinski definition) is 6. The Labute approximate surface area is 134 Å². The first kappa shape index (κ1) is 16.4. The van der Waals surface area contributed by atoms with Crippen LogP contribution < -0.4 is 14.8 Å². The Morgan fingerprint density at radius 2 is 2.09 bits per heavy atom. The van der Waals surface area contributed by atoms with Gasteiger partial charge in [0.1, 0.15) is 0 Å². The standard InChI is InChI=1S/C14H20ClN5O2/c1-4-5-6-20-14(17-18-19-20)16-9-10-7-11(15)8-12(21-2)13(10)22-3/h7-8H,4-6,9H2,1-3H3,(H,16,17,19). The van der Waals surface area contributed by atoms with Gasteiger partial charge in [-0.2, -0.15) is 0 Å². The molecule has 7 nitrogen and oxygen atoms in total. The molecule has 0 atom stereocenters. The normalized spacial score (nSPS) is 10.5. The van der Waals surface area contributed by atoms with Gasteiger partial charge in [0.25, 0.3) is 0 Å². The zero-order valence-corrected chi connectivity index (χ0v) is 13.7. The first-order valence-electron chi connectivity index (χ1n) is 7.10. The topological polar surface area (TPSA) is 74.1 Å². The predicted molar refractivity (Wildman–Crippen MR) is 84.6 cm³/mol. The van der Waals surface area contributed by atoms with E-state index in [1.807, 2.05) is 6.07 Å². The zero-order valence-electron chi connectivity index (χ0n) is 13.0. The molecular weight excluding hydrogens is 306 g/mol. The molecule has 8 heteroatoms. The summed E-state index contributed by atoms with van der Waals surface area (Å²) in [4.78, 5) is 0. The fourth-order valence-electron chi connectivity index (χ4n) is 2.10. The third-order valence-electron chi connectivity index (χ3n) is 3.21. The molecule has 0 bridgehead atoms. The summed E-state index contributed by atoms with van der Waals surface area (Å²) in [5.74, 6) is 1.86. The summed E-state index contributed by atoms with van der Waals surface area (Å²) < 4.78 is 12.4. The smallest absolute Gasteiger partial charge is 0.243 e. The Balaban J connectivity index is 2.14. The van der Waals surface area contributed by atoms with Crippen LogP contribution in [0.25, 0.3) is 0 Å². The van der Waals surface area contributed by atoms with Gasteiger partial charge in [0.2, 0.25) is 5.95 Å². The van der Waals surface area contributed by atoms with Crippen LogP contribution in [0.4, 0.5) is 5.95 Å². The molecule has 0 amide bonds. The zero-order chi connectivity index (χ0) is 15.9. The minimum absolute atomic E-state index is 0.479. The number of anilines is 1. The van der Waals surface area contributed by atoms with Crippen LogP contribution in [0.15, 0.2) is 12.1 Å². The Morgan fingerprint density at radius 3 is 2.77 bits per heavy atom. The summed E-state index contributed by atoms with van der Waals surface area (Å²) in [6, 6.07) is 3.55. The van der Waals surface area contributed by atoms with Gasteiger partial charge >= 0.3 is 0 Å². The maximum atomic E-state index is 6.11. The molecule has 1 heterocycles. The molecule has 0 unspecified atom stereocenters. The Kier molecular flexibility index (Phi) is 5.83. The molecule has 22 heavy (non-hydrogen) atoms. The molecule has 1 aromatic carbocycles. The number of ether oxygens (including phenoxy) is 2. The molecule has 120 valence electrons. The number of rotatable bonds is 8. The third-order valence-corrected chi connectivity index (χ3v) is 3.43. The van der Waals surface area contributed by atoms with E-state index in [2.05, 4.69) is 27.8 Å². The van der Waals surface area contributed by atoms with Crippen molar-refractivity contribution in [1.82, 2.24) is 20.2 Å². The van der Waals surface area contributed by atoms with Crippen molar-refractivity contribution in [1.29, 1.82) is 0 Å². The van der Waals surface area contributed by atoms with Crippen LogP contribution in [-0.4, -0.2) is 34.4 Å². The Morgan fingerprint density at radius 1 is 1.27 bits per heavy atom. The van der Waals surface area contributed by atoms with Crippen molar-refractivity contribution in [3.8, 4) is 11.5 Å². The first-order chi connectivity index (χ1) is 10.7. The molecule has 0 saturated carbocycles. The van der Waals surface area contributed by atoms with E-state index in [1.165, 1.54) is 0 Å². The summed E-state index contributed by atoms with van der Waals surface area (Å²) in [5.41, 5.74) is 0.872. The third kappa shape index (κ3) is 3.79. The lowest BCUT2D eigenvalue weighted by Gasteiger charge is -2.14. The first-order valence-corrected chi connectivity index (χ1v) is 7.47. The number of nitrogens with zero attached hydrogens (tertiary/aromatic N) is 4. The van der Waals surface area contributed by atoms with E-state index in [0.29, 0.717) is 29.0 Å². The van der Waals surface area contributed by atoms with E-state index in [-0.39, 0.29) is 0 Å². The minimum atomic E-state index is 0.479. The van der Waals surface area contributed by atoms with Crippen molar-refractivity contribution in [2.45, 2.75) is 32.9 Å². The fraction of sp³-hybridized carbons (Fsp3) is 0.500. The minimum Gasteiger partial charge on any atom is -0.493 e. The molecule has 0 radical (unpaired) electrons. The van der Waals surface area contributed by atoms with Gasteiger partial charge in [0, 0.05) is 29.7 Å². The van der Waals surface area contributed by atoms with Crippen LogP contribution in [0.3, 0.4) is 0 Å². The Bertz CT molecular complexity index is 617. The van der Waals surface area contributed by atoms with Crippen molar-refractivity contribution in [3.63, 3.8) is 0 Å². The van der Waals surface area contributed by atoms with Crippen molar-refractivity contribution >= 4 is 17.5 Å². The average molecular weight is 326 g/mol. The van der Waals surface area contributed by atoms with Crippen LogP contribution in [0, 0.1) is 0 Å². The quantitative estimate of drug-likeness (QED) is 0.804. The fourth-order valence-corrected chi connectivity index (χ4v) is 2.33. The highest BCUT2D eigenvalue weighted by Crippen LogP contribution is 2.34. The van der Waals surface area contributed by atoms with E-state index in [1.54, 1.807) is 25.0 Å². The molecule has 2 rings (SSSR count). The van der Waals surface area contributed by atoms with Gasteiger partial charge in [0.05, 0.1) is 14.2 Å². The number of methoxy groups -OCH3 is 2. The molecule has 0 fully saturated rings. The second kappa shape index (κ2) is 7.84. The van der Waals surface area contributed by atoms with Crippen molar-refractivity contribution in [2.24, 2.45) is 0 Å². The molecule has 0 aliphatic carbocycles. The molecular formula is C14H20ClN5O2. The maximum Gasteiger partial charge on any atom is 0.243 e. The second-order valence-electron chi connectivity index (χ2n) is 4.73. The molecule has 0 spiro atoms. The number of nitrogens with one attached hydrogen (secondary N) is 1. The summed E-state index contributed by atoms with van der Waals surface area (Å²) >= 11 is 6.11. The summed E-state index contributed by atoms with van der Waals surface area (Å²) in [6.45, 7) is 3.38. The number of aryl methyl sites for hydroxylation is 1. The summed E-state index contributed by atoms with van der Waals surface area (Å²) in [7, 11) is 3.18. The van der Waals surface area contributed by atoms with Gasteiger partial charge < -0.3 is 14.8 Å². The highest BCUT2D eigenvalue weighted by Gasteiger charge is 2.13. The van der Waals surface area contributed by atoms with Crippen LogP contribution in [-0.2, 0) is 13.1 Å². The Hall–Kier alpha value is -2.02. The van der Waals surface area contributed by atoms with Gasteiger partial charge in [-0.3, -0.25) is 0 Å². The molecule has 0 saturated heterocycles. The molecule has 1 N–H and O–H groups in total. The number of hydrogen-bond donors (Lipinski definition) is 1. The summed E-state index contributed by atoms with van der Waals surface area (Å²) in [6.07, 6.45) is 2.10. The molecule has 0 aliphatic rings. The number of aromatic nitrogens is 4. The molecule has 1 aromatic heterocycles. The van der Waals surface area contributed by atoms with Crippen molar-refractivity contribution < 1.29 is 9.47 Å². The number of tetrazole rings is 1. The molecule has 2 aromatic rings. The van der Waals surface area contributed by atoms with Crippen LogP contribution >= 0.6 is 11.6 Å². The van der Waals surface area contributed by atoms with E-state index >= 15 is 0 Å². The van der Waals surface area contributed by atoms with Gasteiger partial charge in [-0.1, -0.05) is 30.0 Å². The van der Waals surface area contributed by atoms with E-state index in [0.717, 1.165) is 24.9 Å². The monoisotopic (exact) mass is 325 g/mol. The largest absolute Gasteiger partial charge is 0.493 e. The van der Waals surface area contributed by atoms with Crippen LogP contribution in [0.1, 0.15) is 25.3 Å². The van der Waals surface area contributed by atoms with Gasteiger partial charge in [-0.15, -0.1) is 0 Å². The van der Waals surface area contributed by atoms with Crippen molar-refractivity contribution in [3.05, 3.63) is 22.7 Å². The predicted octanol–water partition coefficient (Wildman–Crippen LogP) is 2.76. The average Bonchev–Trinajstić information content (AvgIpc) is 2.97. The van der Waals surface area contributed by atoms with Crippen molar-refractivity contribution in [2.75, 3.05) is 19.5 Å². The lowest BCUT2D eigenvalue weighted by Crippen LogP contribution is -2.10. The number of unbranched alkanes of at least 4 members (excludes halogenated alkanes) is 1. The number of benzene rings is 1. The van der Waals surface area contributed by atoms with E-state index < -0.39 is 0 Å². The van der Waals surface area contributed by atoms with Crippen LogP contribution in [0.5, 0.6) is 11.5 Å². The van der Waals surface area contributed by atoms with E-state index in [9.17, 15) is 0 Å². The van der Waals surface area contributed by atoms with Gasteiger partial charge in [-0.05, 0) is 22.9 Å². The SMILES string of the molecule is CCCCn1nnnc1NCc1cc(Cl)cc(OC)c1OC. The molecule has 0 aliphatic heterocycles. The van der Waals surface area contributed by atoms with Gasteiger partial charge in [-0.25, -0.2) is 4.68 Å². The van der Waals surface area contributed by atoms with Gasteiger partial charge in [0.15, 0.2) is 11.5 Å². The highest BCUT2D eigenvalue weighted by atomic mass is 35.5. The summed E-state index contributed by atoms with van der Waals surface area (Å²) in [5, 5.41) is 15.4. The van der Waals surface area contributed by atoms with Crippen LogP contribution in [0.2, 0.25) is 5.02 Å². The second-order valence-corrected chi connectivity index (χ2v) is 5.17. The number of halogens is 1. The highest BCUT2D eigenvalue weighted by molar-refractivity contribution is 6.30.